The van der Waals surface area contributed by atoms with Gasteiger partial charge in [0.25, 0.3) is 0 Å². The Morgan fingerprint density at radius 2 is 1.87 bits per heavy atom. The first kappa shape index (κ1) is 18.5. The molecule has 0 radical (unpaired) electrons. The molecule has 0 aromatic rings. The van der Waals surface area contributed by atoms with Gasteiger partial charge in [0.05, 0.1) is 6.26 Å². The lowest BCUT2D eigenvalue weighted by molar-refractivity contribution is 0.203. The zero-order chi connectivity index (χ0) is 17.1. The summed E-state index contributed by atoms with van der Waals surface area (Å²) in [5.74, 6) is 0.885. The Labute approximate surface area is 141 Å². The fraction of sp³-hybridized carbons (Fsp3) is 0.938. The van der Waals surface area contributed by atoms with Crippen molar-refractivity contribution in [1.82, 2.24) is 14.9 Å². The highest BCUT2D eigenvalue weighted by Crippen LogP contribution is 2.43. The molecule has 0 unspecified atom stereocenters. The van der Waals surface area contributed by atoms with Crippen LogP contribution in [0.15, 0.2) is 4.99 Å². The van der Waals surface area contributed by atoms with E-state index in [9.17, 15) is 8.42 Å². The second kappa shape index (κ2) is 6.97. The molecule has 0 aromatic carbocycles. The van der Waals surface area contributed by atoms with E-state index in [4.69, 9.17) is 0 Å². The van der Waals surface area contributed by atoms with Gasteiger partial charge < -0.3 is 10.2 Å². The Hall–Kier alpha value is -0.820. The Bertz CT molecular complexity index is 536. The minimum Gasteiger partial charge on any atom is -0.354 e. The van der Waals surface area contributed by atoms with E-state index in [-0.39, 0.29) is 0 Å². The molecule has 2 aliphatic rings. The topological polar surface area (TPSA) is 73.8 Å². The van der Waals surface area contributed by atoms with Crippen molar-refractivity contribution in [2.45, 2.75) is 57.9 Å². The standard InChI is InChI=1S/C16H32N4O2S/c1-15(2,19-23(4,21)22)12-18-14(17-3)20-11-10-16(13-20)8-6-5-7-9-16/h19H,5-13H2,1-4H3,(H,17,18). The molecule has 134 valence electrons. The summed E-state index contributed by atoms with van der Waals surface area (Å²) in [5, 5.41) is 3.35. The second-order valence-electron chi connectivity index (χ2n) is 7.89. The zero-order valence-corrected chi connectivity index (χ0v) is 15.8. The Kier molecular flexibility index (Phi) is 5.61. The summed E-state index contributed by atoms with van der Waals surface area (Å²) >= 11 is 0. The summed E-state index contributed by atoms with van der Waals surface area (Å²) in [6.45, 7) is 6.38. The minimum atomic E-state index is -3.22. The smallest absolute Gasteiger partial charge is 0.209 e. The number of guanidine groups is 1. The first-order valence-corrected chi connectivity index (χ1v) is 10.5. The number of aliphatic imine (C=N–C) groups is 1. The Morgan fingerprint density at radius 1 is 1.22 bits per heavy atom. The monoisotopic (exact) mass is 344 g/mol. The van der Waals surface area contributed by atoms with E-state index in [0.29, 0.717) is 12.0 Å². The summed E-state index contributed by atoms with van der Waals surface area (Å²) in [6.07, 6.45) is 9.19. The molecule has 1 saturated heterocycles. The fourth-order valence-electron chi connectivity index (χ4n) is 4.00. The van der Waals surface area contributed by atoms with Gasteiger partial charge in [0.15, 0.2) is 5.96 Å². The highest BCUT2D eigenvalue weighted by atomic mass is 32.2. The average molecular weight is 345 g/mol. The highest BCUT2D eigenvalue weighted by Gasteiger charge is 2.40. The van der Waals surface area contributed by atoms with Crippen LogP contribution in [0.25, 0.3) is 0 Å². The van der Waals surface area contributed by atoms with Crippen LogP contribution >= 0.6 is 0 Å². The number of hydrogen-bond donors (Lipinski definition) is 2. The lowest BCUT2D eigenvalue weighted by atomic mass is 9.73. The third kappa shape index (κ3) is 5.35. The van der Waals surface area contributed by atoms with Crippen molar-refractivity contribution >= 4 is 16.0 Å². The molecule has 2 N–H and O–H groups in total. The van der Waals surface area contributed by atoms with Crippen molar-refractivity contribution in [3.05, 3.63) is 0 Å². The molecular formula is C16H32N4O2S. The summed E-state index contributed by atoms with van der Waals surface area (Å²) in [4.78, 5) is 6.74. The van der Waals surface area contributed by atoms with E-state index in [1.54, 1.807) is 7.05 Å². The molecule has 1 aliphatic heterocycles. The van der Waals surface area contributed by atoms with Gasteiger partial charge in [-0.2, -0.15) is 0 Å². The summed E-state index contributed by atoms with van der Waals surface area (Å²) < 4.78 is 25.5. The maximum Gasteiger partial charge on any atom is 0.209 e. The van der Waals surface area contributed by atoms with Crippen molar-refractivity contribution in [3.63, 3.8) is 0 Å². The quantitative estimate of drug-likeness (QED) is 0.599. The van der Waals surface area contributed by atoms with E-state index in [1.165, 1.54) is 44.8 Å². The molecule has 0 bridgehead atoms. The van der Waals surface area contributed by atoms with Crippen LogP contribution in [-0.4, -0.2) is 57.8 Å². The van der Waals surface area contributed by atoms with Crippen LogP contribution in [0, 0.1) is 5.41 Å². The van der Waals surface area contributed by atoms with Crippen LogP contribution in [-0.2, 0) is 10.0 Å². The predicted octanol–water partition coefficient (Wildman–Crippen LogP) is 1.55. The number of likely N-dealkylation sites (tertiary alicyclic amines) is 1. The molecule has 6 nitrogen and oxygen atoms in total. The van der Waals surface area contributed by atoms with E-state index in [1.807, 2.05) is 13.8 Å². The number of rotatable bonds is 4. The Balaban J connectivity index is 1.91. The summed E-state index contributed by atoms with van der Waals surface area (Å²) in [6, 6.07) is 0. The maximum atomic E-state index is 11.4. The molecule has 1 saturated carbocycles. The first-order chi connectivity index (χ1) is 10.6. The van der Waals surface area contributed by atoms with Gasteiger partial charge in [-0.3, -0.25) is 4.99 Å². The molecule has 1 spiro atoms. The normalized spacial score (nSPS) is 22.6. The number of hydrogen-bond acceptors (Lipinski definition) is 3. The van der Waals surface area contributed by atoms with Crippen LogP contribution < -0.4 is 10.0 Å². The molecule has 1 heterocycles. The van der Waals surface area contributed by atoms with Gasteiger partial charge in [-0.15, -0.1) is 0 Å². The number of nitrogens with one attached hydrogen (secondary N) is 2. The van der Waals surface area contributed by atoms with Gasteiger partial charge >= 0.3 is 0 Å². The molecular weight excluding hydrogens is 312 g/mol. The van der Waals surface area contributed by atoms with E-state index in [0.717, 1.165) is 19.0 Å². The van der Waals surface area contributed by atoms with Crippen LogP contribution in [0.4, 0.5) is 0 Å². The van der Waals surface area contributed by atoms with Crippen LogP contribution in [0.1, 0.15) is 52.4 Å². The molecule has 0 amide bonds. The van der Waals surface area contributed by atoms with Crippen LogP contribution in [0.3, 0.4) is 0 Å². The van der Waals surface area contributed by atoms with Crippen molar-refractivity contribution < 1.29 is 8.42 Å². The third-order valence-corrected chi connectivity index (χ3v) is 5.94. The van der Waals surface area contributed by atoms with Gasteiger partial charge in [-0.1, -0.05) is 19.3 Å². The van der Waals surface area contributed by atoms with Crippen molar-refractivity contribution in [1.29, 1.82) is 0 Å². The molecule has 1 aliphatic carbocycles. The van der Waals surface area contributed by atoms with Gasteiger partial charge in [-0.05, 0) is 38.5 Å². The van der Waals surface area contributed by atoms with Crippen molar-refractivity contribution in [2.75, 3.05) is 32.9 Å². The van der Waals surface area contributed by atoms with Crippen LogP contribution in [0.5, 0.6) is 0 Å². The maximum absolute atomic E-state index is 11.4. The summed E-state index contributed by atoms with van der Waals surface area (Å²) in [7, 11) is -1.42. The third-order valence-electron chi connectivity index (χ3n) is 5.01. The summed E-state index contributed by atoms with van der Waals surface area (Å²) in [5.41, 5.74) is -0.0673. The van der Waals surface area contributed by atoms with Crippen molar-refractivity contribution in [3.8, 4) is 0 Å². The fourth-order valence-corrected chi connectivity index (χ4v) is 5.07. The largest absolute Gasteiger partial charge is 0.354 e. The zero-order valence-electron chi connectivity index (χ0n) is 15.0. The SMILES string of the molecule is CN=C(NCC(C)(C)NS(C)(=O)=O)N1CCC2(CCCCC2)C1. The Morgan fingerprint density at radius 3 is 2.43 bits per heavy atom. The molecule has 0 aromatic heterocycles. The number of nitrogens with zero attached hydrogens (tertiary/aromatic N) is 2. The van der Waals surface area contributed by atoms with Gasteiger partial charge in [0, 0.05) is 32.2 Å². The second-order valence-corrected chi connectivity index (χ2v) is 9.64. The molecule has 23 heavy (non-hydrogen) atoms. The molecule has 2 rings (SSSR count). The van der Waals surface area contributed by atoms with E-state index < -0.39 is 15.6 Å². The van der Waals surface area contributed by atoms with Crippen molar-refractivity contribution in [2.24, 2.45) is 10.4 Å². The number of sulfonamides is 1. The molecule has 2 fully saturated rings. The highest BCUT2D eigenvalue weighted by molar-refractivity contribution is 7.88. The predicted molar refractivity (Wildman–Crippen MR) is 95.1 cm³/mol. The van der Waals surface area contributed by atoms with Gasteiger partial charge in [-0.25, -0.2) is 13.1 Å². The average Bonchev–Trinajstić information content (AvgIpc) is 2.81. The van der Waals surface area contributed by atoms with Gasteiger partial charge in [0.2, 0.25) is 10.0 Å². The lowest BCUT2D eigenvalue weighted by Gasteiger charge is -2.34. The molecule has 7 heteroatoms. The minimum absolute atomic E-state index is 0.483. The van der Waals surface area contributed by atoms with E-state index >= 15 is 0 Å². The lowest BCUT2D eigenvalue weighted by Crippen LogP contribution is -2.53. The van der Waals surface area contributed by atoms with Crippen LogP contribution in [0.2, 0.25) is 0 Å². The van der Waals surface area contributed by atoms with E-state index in [2.05, 4.69) is 19.9 Å². The first-order valence-electron chi connectivity index (χ1n) is 8.59. The molecule has 0 atom stereocenters. The van der Waals surface area contributed by atoms with Gasteiger partial charge in [0.1, 0.15) is 0 Å².